The summed E-state index contributed by atoms with van der Waals surface area (Å²) in [5.41, 5.74) is 7.02. The highest BCUT2D eigenvalue weighted by Crippen LogP contribution is 2.22. The molecule has 1 aromatic rings. The molecule has 1 aliphatic heterocycles. The van der Waals surface area contributed by atoms with Crippen molar-refractivity contribution in [2.75, 3.05) is 24.5 Å². The minimum absolute atomic E-state index is 0. The summed E-state index contributed by atoms with van der Waals surface area (Å²) in [7, 11) is 0. The van der Waals surface area contributed by atoms with Crippen molar-refractivity contribution in [3.05, 3.63) is 30.3 Å². The van der Waals surface area contributed by atoms with Crippen molar-refractivity contribution in [2.24, 2.45) is 17.6 Å². The molecule has 6 heteroatoms. The number of carbonyl (C=O) groups is 1. The molecule has 126 valence electrons. The molecule has 4 nitrogen and oxygen atoms in total. The Bertz CT molecular complexity index is 442. The van der Waals surface area contributed by atoms with Crippen molar-refractivity contribution in [3.63, 3.8) is 0 Å². The van der Waals surface area contributed by atoms with E-state index in [9.17, 15) is 4.79 Å². The van der Waals surface area contributed by atoms with Gasteiger partial charge in [-0.15, -0.1) is 24.8 Å². The van der Waals surface area contributed by atoms with Crippen LogP contribution in [-0.4, -0.2) is 31.6 Å². The molecule has 1 fully saturated rings. The van der Waals surface area contributed by atoms with Crippen LogP contribution in [0.25, 0.3) is 0 Å². The molecule has 22 heavy (non-hydrogen) atoms. The Morgan fingerprint density at radius 2 is 1.95 bits per heavy atom. The van der Waals surface area contributed by atoms with Gasteiger partial charge in [0.25, 0.3) is 0 Å². The third-order valence-corrected chi connectivity index (χ3v) is 4.17. The van der Waals surface area contributed by atoms with Crippen LogP contribution in [0.5, 0.6) is 0 Å². The Morgan fingerprint density at radius 3 is 2.55 bits per heavy atom. The molecular formula is C16H27Cl2N3O. The SMILES string of the molecule is CC(N)C(C)C(=O)NCC1CCN(c2ccccc2)C1.Cl.Cl. The Hall–Kier alpha value is -0.970. The standard InChI is InChI=1S/C16H25N3O.2ClH/c1-12(13(2)17)16(20)18-10-14-8-9-19(11-14)15-6-4-3-5-7-15;;/h3-7,12-14H,8-11,17H2,1-2H3,(H,18,20);2*1H. The molecule has 1 aromatic carbocycles. The number of hydrogen-bond donors (Lipinski definition) is 2. The molecule has 3 unspecified atom stereocenters. The van der Waals surface area contributed by atoms with E-state index in [4.69, 9.17) is 5.73 Å². The van der Waals surface area contributed by atoms with E-state index in [2.05, 4.69) is 34.5 Å². The largest absolute Gasteiger partial charge is 0.371 e. The monoisotopic (exact) mass is 347 g/mol. The Balaban J connectivity index is 0.00000220. The molecule has 3 atom stereocenters. The van der Waals surface area contributed by atoms with Crippen LogP contribution in [0, 0.1) is 11.8 Å². The van der Waals surface area contributed by atoms with Gasteiger partial charge in [-0.3, -0.25) is 4.79 Å². The predicted molar refractivity (Wildman–Crippen MR) is 97.1 cm³/mol. The van der Waals surface area contributed by atoms with E-state index in [1.54, 1.807) is 0 Å². The zero-order valence-corrected chi connectivity index (χ0v) is 14.8. The van der Waals surface area contributed by atoms with Gasteiger partial charge in [-0.2, -0.15) is 0 Å². The maximum Gasteiger partial charge on any atom is 0.224 e. The van der Waals surface area contributed by atoms with Gasteiger partial charge in [0.2, 0.25) is 5.91 Å². The van der Waals surface area contributed by atoms with Gasteiger partial charge in [0.15, 0.2) is 0 Å². The number of rotatable bonds is 5. The lowest BCUT2D eigenvalue weighted by atomic mass is 10.0. The smallest absolute Gasteiger partial charge is 0.224 e. The van der Waals surface area contributed by atoms with E-state index in [1.165, 1.54) is 5.69 Å². The predicted octanol–water partition coefficient (Wildman–Crippen LogP) is 2.46. The molecule has 0 aliphatic carbocycles. The molecule has 1 amide bonds. The minimum atomic E-state index is -0.123. The van der Waals surface area contributed by atoms with Crippen LogP contribution in [0.15, 0.2) is 30.3 Å². The zero-order valence-electron chi connectivity index (χ0n) is 13.2. The molecule has 1 aliphatic rings. The van der Waals surface area contributed by atoms with E-state index in [-0.39, 0.29) is 42.7 Å². The Kier molecular flexibility index (Phi) is 9.49. The Morgan fingerprint density at radius 1 is 1.32 bits per heavy atom. The van der Waals surface area contributed by atoms with Gasteiger partial charge in [-0.25, -0.2) is 0 Å². The van der Waals surface area contributed by atoms with Gasteiger partial charge in [0.05, 0.1) is 0 Å². The summed E-state index contributed by atoms with van der Waals surface area (Å²) in [4.78, 5) is 14.3. The first kappa shape index (κ1) is 21.0. The quantitative estimate of drug-likeness (QED) is 0.859. The second-order valence-corrected chi connectivity index (χ2v) is 5.83. The first-order chi connectivity index (χ1) is 9.58. The van der Waals surface area contributed by atoms with Crippen LogP contribution in [0.1, 0.15) is 20.3 Å². The molecule has 3 N–H and O–H groups in total. The van der Waals surface area contributed by atoms with E-state index in [0.29, 0.717) is 5.92 Å². The lowest BCUT2D eigenvalue weighted by molar-refractivity contribution is -0.125. The molecule has 2 rings (SSSR count). The average Bonchev–Trinajstić information content (AvgIpc) is 2.93. The number of hydrogen-bond acceptors (Lipinski definition) is 3. The van der Waals surface area contributed by atoms with Gasteiger partial charge in [-0.05, 0) is 31.4 Å². The normalized spacial score (nSPS) is 19.6. The Labute approximate surface area is 145 Å². The summed E-state index contributed by atoms with van der Waals surface area (Å²) in [6.45, 7) is 6.57. The van der Waals surface area contributed by atoms with Crippen molar-refractivity contribution < 1.29 is 4.79 Å². The van der Waals surface area contributed by atoms with Gasteiger partial charge in [-0.1, -0.05) is 25.1 Å². The van der Waals surface area contributed by atoms with Crippen LogP contribution in [0.3, 0.4) is 0 Å². The van der Waals surface area contributed by atoms with Crippen molar-refractivity contribution in [1.29, 1.82) is 0 Å². The lowest BCUT2D eigenvalue weighted by Gasteiger charge is -2.20. The van der Waals surface area contributed by atoms with Crippen molar-refractivity contribution in [1.82, 2.24) is 5.32 Å². The maximum absolute atomic E-state index is 11.9. The second kappa shape index (κ2) is 9.93. The fraction of sp³-hybridized carbons (Fsp3) is 0.562. The average molecular weight is 348 g/mol. The van der Waals surface area contributed by atoms with Crippen LogP contribution in [0.4, 0.5) is 5.69 Å². The van der Waals surface area contributed by atoms with Crippen LogP contribution in [-0.2, 0) is 4.79 Å². The third-order valence-electron chi connectivity index (χ3n) is 4.17. The topological polar surface area (TPSA) is 58.4 Å². The highest BCUT2D eigenvalue weighted by molar-refractivity contribution is 5.85. The summed E-state index contributed by atoms with van der Waals surface area (Å²) < 4.78 is 0. The molecular weight excluding hydrogens is 321 g/mol. The van der Waals surface area contributed by atoms with Crippen molar-refractivity contribution >= 4 is 36.4 Å². The molecule has 0 bridgehead atoms. The van der Waals surface area contributed by atoms with E-state index in [0.717, 1.165) is 26.1 Å². The summed E-state index contributed by atoms with van der Waals surface area (Å²) in [6.07, 6.45) is 1.13. The molecule has 0 aromatic heterocycles. The van der Waals surface area contributed by atoms with Crippen molar-refractivity contribution in [2.45, 2.75) is 26.3 Å². The number of anilines is 1. The van der Waals surface area contributed by atoms with Gasteiger partial charge in [0.1, 0.15) is 0 Å². The fourth-order valence-electron chi connectivity index (χ4n) is 2.52. The molecule has 1 heterocycles. The van der Waals surface area contributed by atoms with Gasteiger partial charge in [0, 0.05) is 37.3 Å². The number of halogens is 2. The summed E-state index contributed by atoms with van der Waals surface area (Å²) >= 11 is 0. The maximum atomic E-state index is 11.9. The third kappa shape index (κ3) is 5.67. The molecule has 1 saturated heterocycles. The molecule has 0 radical (unpaired) electrons. The van der Waals surface area contributed by atoms with E-state index < -0.39 is 0 Å². The van der Waals surface area contributed by atoms with Crippen LogP contribution < -0.4 is 16.0 Å². The van der Waals surface area contributed by atoms with E-state index >= 15 is 0 Å². The van der Waals surface area contributed by atoms with E-state index in [1.807, 2.05) is 19.9 Å². The lowest BCUT2D eigenvalue weighted by Crippen LogP contribution is -2.40. The summed E-state index contributed by atoms with van der Waals surface area (Å²) in [5, 5.41) is 3.03. The van der Waals surface area contributed by atoms with Gasteiger partial charge < -0.3 is 16.0 Å². The number of amides is 1. The fourth-order valence-corrected chi connectivity index (χ4v) is 2.52. The number of benzene rings is 1. The van der Waals surface area contributed by atoms with Crippen LogP contribution >= 0.6 is 24.8 Å². The minimum Gasteiger partial charge on any atom is -0.371 e. The first-order valence-electron chi connectivity index (χ1n) is 7.41. The summed E-state index contributed by atoms with van der Waals surface area (Å²) in [6, 6.07) is 10.3. The number of nitrogens with one attached hydrogen (secondary N) is 1. The van der Waals surface area contributed by atoms with Crippen LogP contribution in [0.2, 0.25) is 0 Å². The molecule has 0 saturated carbocycles. The second-order valence-electron chi connectivity index (χ2n) is 5.83. The summed E-state index contributed by atoms with van der Waals surface area (Å²) in [5.74, 6) is 0.472. The first-order valence-corrected chi connectivity index (χ1v) is 7.41. The zero-order chi connectivity index (χ0) is 14.5. The number of nitrogens with two attached hydrogens (primary N) is 1. The highest BCUT2D eigenvalue weighted by Gasteiger charge is 2.24. The number of carbonyl (C=O) groups excluding carboxylic acids is 1. The number of nitrogens with zero attached hydrogens (tertiary/aromatic N) is 1. The number of para-hydroxylation sites is 1. The highest BCUT2D eigenvalue weighted by atomic mass is 35.5. The molecule has 0 spiro atoms. The van der Waals surface area contributed by atoms with Crippen molar-refractivity contribution in [3.8, 4) is 0 Å². The van der Waals surface area contributed by atoms with Gasteiger partial charge >= 0.3 is 0 Å².